The van der Waals surface area contributed by atoms with E-state index in [2.05, 4.69) is 9.97 Å². The molecular formula is C26H32N8O4. The Morgan fingerprint density at radius 1 is 1.11 bits per heavy atom. The molecule has 2 N–H and O–H groups in total. The van der Waals surface area contributed by atoms with Crippen molar-refractivity contribution in [3.63, 3.8) is 0 Å². The fraction of sp³-hybridized carbons (Fsp3) is 0.462. The van der Waals surface area contributed by atoms with E-state index < -0.39 is 17.2 Å². The molecule has 0 aliphatic carbocycles. The van der Waals surface area contributed by atoms with Crippen LogP contribution in [0.15, 0.2) is 33.9 Å². The fourth-order valence-electron chi connectivity index (χ4n) is 5.14. The molecule has 0 spiro atoms. The fourth-order valence-corrected chi connectivity index (χ4v) is 5.14. The van der Waals surface area contributed by atoms with Gasteiger partial charge in [-0.3, -0.25) is 18.7 Å². The molecule has 38 heavy (non-hydrogen) atoms. The maximum atomic E-state index is 13.9. The molecule has 0 unspecified atom stereocenters. The van der Waals surface area contributed by atoms with Crippen molar-refractivity contribution in [2.75, 3.05) is 24.6 Å². The third-order valence-electron chi connectivity index (χ3n) is 6.88. The van der Waals surface area contributed by atoms with Gasteiger partial charge in [-0.15, -0.1) is 0 Å². The van der Waals surface area contributed by atoms with Gasteiger partial charge in [0.2, 0.25) is 5.95 Å². The zero-order chi connectivity index (χ0) is 27.0. The lowest BCUT2D eigenvalue weighted by atomic mass is 10.1. The van der Waals surface area contributed by atoms with Gasteiger partial charge in [0.25, 0.3) is 5.56 Å². The molecule has 4 aromatic rings. The monoisotopic (exact) mass is 520 g/mol. The number of carbonyl (C=O) groups is 1. The van der Waals surface area contributed by atoms with E-state index in [1.165, 1.54) is 4.57 Å². The van der Waals surface area contributed by atoms with Crippen LogP contribution >= 0.6 is 0 Å². The van der Waals surface area contributed by atoms with Crippen molar-refractivity contribution < 1.29 is 9.53 Å². The number of para-hydroxylation sites is 1. The van der Waals surface area contributed by atoms with E-state index in [4.69, 9.17) is 15.5 Å². The number of piperidine rings is 1. The lowest BCUT2D eigenvalue weighted by Crippen LogP contribution is -2.44. The second kappa shape index (κ2) is 10.4. The molecule has 1 saturated heterocycles. The zero-order valence-electron chi connectivity index (χ0n) is 21.9. The number of carbonyl (C=O) groups excluding carboxylic acids is 1. The van der Waals surface area contributed by atoms with E-state index >= 15 is 0 Å². The number of aromatic nitrogens is 6. The maximum absolute atomic E-state index is 13.9. The number of ether oxygens (including phenoxy) is 1. The quantitative estimate of drug-likeness (QED) is 0.355. The molecular weight excluding hydrogens is 488 g/mol. The molecule has 1 aliphatic heterocycles. The van der Waals surface area contributed by atoms with Crippen LogP contribution in [0.25, 0.3) is 22.1 Å². The molecule has 0 amide bonds. The van der Waals surface area contributed by atoms with E-state index in [1.54, 1.807) is 11.5 Å². The predicted molar refractivity (Wildman–Crippen MR) is 143 cm³/mol. The molecule has 4 heterocycles. The van der Waals surface area contributed by atoms with Crippen molar-refractivity contribution in [2.24, 2.45) is 5.73 Å². The summed E-state index contributed by atoms with van der Waals surface area (Å²) in [6.45, 7) is 6.87. The number of rotatable bonds is 7. The average Bonchev–Trinajstić information content (AvgIpc) is 3.29. The minimum atomic E-state index is -0.674. The van der Waals surface area contributed by atoms with E-state index in [0.29, 0.717) is 24.9 Å². The van der Waals surface area contributed by atoms with Gasteiger partial charge in [0.1, 0.15) is 12.4 Å². The summed E-state index contributed by atoms with van der Waals surface area (Å²) in [5.74, 6) is 0.293. The van der Waals surface area contributed by atoms with Crippen LogP contribution in [-0.4, -0.2) is 60.4 Å². The highest BCUT2D eigenvalue weighted by molar-refractivity contribution is 5.80. The Morgan fingerprint density at radius 2 is 1.89 bits per heavy atom. The summed E-state index contributed by atoms with van der Waals surface area (Å²) in [7, 11) is 0. The molecule has 1 aliphatic rings. The highest BCUT2D eigenvalue weighted by atomic mass is 16.5. The number of aryl methyl sites for hydroxylation is 2. The van der Waals surface area contributed by atoms with Gasteiger partial charge in [-0.05, 0) is 39.7 Å². The van der Waals surface area contributed by atoms with E-state index in [-0.39, 0.29) is 36.9 Å². The maximum Gasteiger partial charge on any atom is 0.333 e. The van der Waals surface area contributed by atoms with Gasteiger partial charge in [0.05, 0.1) is 18.7 Å². The highest BCUT2D eigenvalue weighted by Crippen LogP contribution is 2.23. The first-order chi connectivity index (χ1) is 18.3. The van der Waals surface area contributed by atoms with Crippen molar-refractivity contribution in [3.05, 3.63) is 56.6 Å². The van der Waals surface area contributed by atoms with Crippen molar-refractivity contribution >= 4 is 34.0 Å². The molecule has 12 nitrogen and oxygen atoms in total. The molecule has 12 heteroatoms. The van der Waals surface area contributed by atoms with Crippen molar-refractivity contribution in [1.82, 2.24) is 28.7 Å². The van der Waals surface area contributed by atoms with Gasteiger partial charge in [0, 0.05) is 36.8 Å². The Labute approximate surface area is 218 Å². The van der Waals surface area contributed by atoms with Gasteiger partial charge in [0.15, 0.2) is 11.2 Å². The Balaban J connectivity index is 1.71. The molecule has 1 atom stereocenters. The number of esters is 1. The smallest absolute Gasteiger partial charge is 0.333 e. The van der Waals surface area contributed by atoms with Crippen molar-refractivity contribution in [1.29, 1.82) is 0 Å². The topological polar surface area (TPSA) is 143 Å². The van der Waals surface area contributed by atoms with Gasteiger partial charge >= 0.3 is 11.7 Å². The normalized spacial score (nSPS) is 15.9. The largest absolute Gasteiger partial charge is 0.465 e. The Kier molecular flexibility index (Phi) is 6.98. The SMILES string of the molecule is CCOC(=O)Cn1c(=O)n(Cc2nc(C)c3ccccc3n2)c(=O)c2c1nc(N1CCC[C@@H](N)C1)n2CC. The van der Waals surface area contributed by atoms with E-state index in [9.17, 15) is 14.4 Å². The molecule has 0 bridgehead atoms. The first kappa shape index (κ1) is 25.6. The first-order valence-corrected chi connectivity index (χ1v) is 12.9. The van der Waals surface area contributed by atoms with Gasteiger partial charge in [-0.2, -0.15) is 4.98 Å². The van der Waals surface area contributed by atoms with Crippen LogP contribution in [0.2, 0.25) is 0 Å². The minimum absolute atomic E-state index is 0.0134. The van der Waals surface area contributed by atoms with Crippen molar-refractivity contribution in [2.45, 2.75) is 59.3 Å². The number of hydrogen-bond donors (Lipinski definition) is 1. The minimum Gasteiger partial charge on any atom is -0.465 e. The predicted octanol–water partition coefficient (Wildman–Crippen LogP) is 1.17. The number of hydrogen-bond acceptors (Lipinski definition) is 9. The Morgan fingerprint density at radius 3 is 2.63 bits per heavy atom. The summed E-state index contributed by atoms with van der Waals surface area (Å²) >= 11 is 0. The van der Waals surface area contributed by atoms with E-state index in [1.807, 2.05) is 43.0 Å². The van der Waals surface area contributed by atoms with Crippen LogP contribution in [0.3, 0.4) is 0 Å². The van der Waals surface area contributed by atoms with Crippen molar-refractivity contribution in [3.8, 4) is 0 Å². The number of nitrogens with zero attached hydrogens (tertiary/aromatic N) is 7. The second-order valence-electron chi connectivity index (χ2n) is 9.48. The number of nitrogens with two attached hydrogens (primary N) is 1. The van der Waals surface area contributed by atoms with Crippen LogP contribution in [0.5, 0.6) is 0 Å². The van der Waals surface area contributed by atoms with Gasteiger partial charge in [-0.1, -0.05) is 18.2 Å². The molecule has 1 fully saturated rings. The molecule has 1 aromatic carbocycles. The zero-order valence-corrected chi connectivity index (χ0v) is 21.9. The van der Waals surface area contributed by atoms with Crippen LogP contribution in [0, 0.1) is 6.92 Å². The Hall–Kier alpha value is -4.06. The summed E-state index contributed by atoms with van der Waals surface area (Å²) in [6, 6.07) is 7.55. The average molecular weight is 521 g/mol. The lowest BCUT2D eigenvalue weighted by Gasteiger charge is -2.31. The van der Waals surface area contributed by atoms with Crippen LogP contribution in [0.1, 0.15) is 38.2 Å². The van der Waals surface area contributed by atoms with E-state index in [0.717, 1.165) is 40.6 Å². The number of imidazole rings is 1. The van der Waals surface area contributed by atoms with Crippen LogP contribution in [0.4, 0.5) is 5.95 Å². The molecule has 200 valence electrons. The summed E-state index contributed by atoms with van der Waals surface area (Å²) in [4.78, 5) is 56.0. The lowest BCUT2D eigenvalue weighted by molar-refractivity contribution is -0.143. The number of anilines is 1. The summed E-state index contributed by atoms with van der Waals surface area (Å²) in [5, 5.41) is 0.896. The third kappa shape index (κ3) is 4.55. The number of benzene rings is 1. The van der Waals surface area contributed by atoms with Crippen LogP contribution < -0.4 is 21.9 Å². The van der Waals surface area contributed by atoms with Crippen LogP contribution in [-0.2, 0) is 29.2 Å². The third-order valence-corrected chi connectivity index (χ3v) is 6.88. The van der Waals surface area contributed by atoms with Gasteiger partial charge in [-0.25, -0.2) is 14.8 Å². The highest BCUT2D eigenvalue weighted by Gasteiger charge is 2.27. The molecule has 5 rings (SSSR count). The standard InChI is InChI=1S/C26H32N8O4/c1-4-32-22-23(30-25(32)31-12-8-9-17(27)13-31)33(15-21(35)38-5-2)26(37)34(24(22)36)14-20-28-16(3)18-10-6-7-11-19(18)29-20/h6-7,10-11,17H,4-5,8-9,12-15,27H2,1-3H3/t17-/m1/s1. The molecule has 3 aromatic heterocycles. The first-order valence-electron chi connectivity index (χ1n) is 12.9. The molecule has 0 saturated carbocycles. The second-order valence-corrected chi connectivity index (χ2v) is 9.48. The summed E-state index contributed by atoms with van der Waals surface area (Å²) in [6.07, 6.45) is 1.81. The number of fused-ring (bicyclic) bond motifs is 2. The Bertz CT molecular complexity index is 1640. The molecule has 0 radical (unpaired) electrons. The summed E-state index contributed by atoms with van der Waals surface area (Å²) < 4.78 is 9.20. The summed E-state index contributed by atoms with van der Waals surface area (Å²) in [5.41, 5.74) is 6.89. The van der Waals surface area contributed by atoms with Gasteiger partial charge < -0.3 is 19.9 Å².